The number of carbonyl (C=O) groups excluding carboxylic acids is 2. The van der Waals surface area contributed by atoms with Crippen molar-refractivity contribution in [1.29, 1.82) is 0 Å². The molecule has 0 atom stereocenters. The zero-order valence-electron chi connectivity index (χ0n) is 12.6. The number of benzene rings is 1. The van der Waals surface area contributed by atoms with Crippen molar-refractivity contribution in [1.82, 2.24) is 4.90 Å². The van der Waals surface area contributed by atoms with E-state index in [2.05, 4.69) is 18.2 Å². The van der Waals surface area contributed by atoms with Gasteiger partial charge in [-0.15, -0.1) is 11.3 Å². The Balaban J connectivity index is 1.52. The van der Waals surface area contributed by atoms with Crippen LogP contribution in [0, 0.1) is 0 Å². The van der Waals surface area contributed by atoms with Gasteiger partial charge in [-0.3, -0.25) is 4.79 Å². The first-order chi connectivity index (χ1) is 11.2. The van der Waals surface area contributed by atoms with Gasteiger partial charge in [0.15, 0.2) is 6.61 Å². The highest BCUT2D eigenvalue weighted by Gasteiger charge is 2.19. The molecule has 0 fully saturated rings. The van der Waals surface area contributed by atoms with Crippen LogP contribution in [0.3, 0.4) is 0 Å². The monoisotopic (exact) mass is 327 g/mol. The molecule has 0 spiro atoms. The van der Waals surface area contributed by atoms with Gasteiger partial charge in [-0.05, 0) is 29.0 Å². The molecule has 23 heavy (non-hydrogen) atoms. The van der Waals surface area contributed by atoms with Crippen LogP contribution in [0.5, 0.6) is 0 Å². The maximum Gasteiger partial charge on any atom is 0.348 e. The predicted molar refractivity (Wildman–Crippen MR) is 90.2 cm³/mol. The topological polar surface area (TPSA) is 46.6 Å². The van der Waals surface area contributed by atoms with Crippen molar-refractivity contribution in [2.24, 2.45) is 0 Å². The van der Waals surface area contributed by atoms with Gasteiger partial charge in [-0.25, -0.2) is 4.79 Å². The van der Waals surface area contributed by atoms with Crippen LogP contribution in [0.15, 0.2) is 53.9 Å². The molecule has 4 nitrogen and oxygen atoms in total. The summed E-state index contributed by atoms with van der Waals surface area (Å²) in [5.74, 6) is -0.593. The zero-order valence-corrected chi connectivity index (χ0v) is 13.4. The Bertz CT molecular complexity index is 707. The number of amides is 1. The number of hydrogen-bond donors (Lipinski definition) is 0. The van der Waals surface area contributed by atoms with E-state index in [1.807, 2.05) is 18.2 Å². The highest BCUT2D eigenvalue weighted by molar-refractivity contribution is 7.11. The van der Waals surface area contributed by atoms with E-state index >= 15 is 0 Å². The summed E-state index contributed by atoms with van der Waals surface area (Å²) >= 11 is 1.31. The Morgan fingerprint density at radius 2 is 1.96 bits per heavy atom. The molecular formula is C18H17NO3S. The van der Waals surface area contributed by atoms with E-state index in [0.717, 1.165) is 6.42 Å². The summed E-state index contributed by atoms with van der Waals surface area (Å²) in [6.07, 6.45) is 2.88. The molecule has 2 aromatic rings. The third kappa shape index (κ3) is 3.87. The fourth-order valence-corrected chi connectivity index (χ4v) is 3.11. The summed E-state index contributed by atoms with van der Waals surface area (Å²) in [5.41, 5.74) is 2.45. The second kappa shape index (κ2) is 7.24. The molecule has 0 bridgehead atoms. The molecule has 2 heterocycles. The summed E-state index contributed by atoms with van der Waals surface area (Å²) in [7, 11) is 0. The Morgan fingerprint density at radius 3 is 2.61 bits per heavy atom. The summed E-state index contributed by atoms with van der Waals surface area (Å²) in [4.78, 5) is 26.1. The van der Waals surface area contributed by atoms with Crippen LogP contribution in [0.1, 0.15) is 21.7 Å². The molecule has 118 valence electrons. The van der Waals surface area contributed by atoms with E-state index in [1.165, 1.54) is 22.5 Å². The van der Waals surface area contributed by atoms with E-state index < -0.39 is 5.97 Å². The van der Waals surface area contributed by atoms with Gasteiger partial charge in [0, 0.05) is 13.1 Å². The Labute approximate surface area is 139 Å². The van der Waals surface area contributed by atoms with Crippen LogP contribution in [-0.2, 0) is 9.53 Å². The third-order valence-corrected chi connectivity index (χ3v) is 4.61. The lowest BCUT2D eigenvalue weighted by Crippen LogP contribution is -2.37. The van der Waals surface area contributed by atoms with Gasteiger partial charge >= 0.3 is 5.97 Å². The molecule has 1 aliphatic heterocycles. The van der Waals surface area contributed by atoms with Gasteiger partial charge < -0.3 is 9.64 Å². The minimum atomic E-state index is -0.439. The number of rotatable bonds is 4. The molecule has 1 aromatic heterocycles. The maximum atomic E-state index is 12.1. The molecule has 5 heteroatoms. The number of hydrogen-bond acceptors (Lipinski definition) is 4. The fraction of sp³-hybridized carbons (Fsp3) is 0.222. The Kier molecular flexibility index (Phi) is 4.88. The van der Waals surface area contributed by atoms with Gasteiger partial charge in [0.05, 0.1) is 0 Å². The molecule has 0 N–H and O–H groups in total. The standard InChI is InChI=1S/C18H17NO3S/c20-17(13-22-18(21)16-7-4-12-23-16)19-10-8-15(9-11-19)14-5-2-1-3-6-14/h1-8,12H,9-11,13H2. The Hall–Kier alpha value is -2.40. The van der Waals surface area contributed by atoms with Crippen LogP contribution in [0.25, 0.3) is 5.57 Å². The van der Waals surface area contributed by atoms with E-state index in [-0.39, 0.29) is 12.5 Å². The smallest absolute Gasteiger partial charge is 0.348 e. The van der Waals surface area contributed by atoms with Crippen molar-refractivity contribution in [3.8, 4) is 0 Å². The number of ether oxygens (including phenoxy) is 1. The lowest BCUT2D eigenvalue weighted by Gasteiger charge is -2.26. The number of carbonyl (C=O) groups is 2. The fourth-order valence-electron chi connectivity index (χ4n) is 2.49. The Morgan fingerprint density at radius 1 is 1.13 bits per heavy atom. The minimum Gasteiger partial charge on any atom is -0.451 e. The average Bonchev–Trinajstić information content (AvgIpc) is 3.15. The van der Waals surface area contributed by atoms with Crippen LogP contribution in [0.2, 0.25) is 0 Å². The summed E-state index contributed by atoms with van der Waals surface area (Å²) < 4.78 is 5.07. The molecule has 0 saturated heterocycles. The SMILES string of the molecule is O=C(OCC(=O)N1CC=C(c2ccccc2)CC1)c1cccs1. The van der Waals surface area contributed by atoms with Crippen LogP contribution >= 0.6 is 11.3 Å². The maximum absolute atomic E-state index is 12.1. The molecule has 0 radical (unpaired) electrons. The molecule has 1 aromatic carbocycles. The highest BCUT2D eigenvalue weighted by Crippen LogP contribution is 2.22. The molecule has 1 amide bonds. The van der Waals surface area contributed by atoms with Gasteiger partial charge in [0.2, 0.25) is 0 Å². The van der Waals surface area contributed by atoms with Crippen LogP contribution in [-0.4, -0.2) is 36.5 Å². The van der Waals surface area contributed by atoms with E-state index in [1.54, 1.807) is 22.4 Å². The quantitative estimate of drug-likeness (QED) is 0.810. The van der Waals surface area contributed by atoms with Crippen molar-refractivity contribution in [2.45, 2.75) is 6.42 Å². The highest BCUT2D eigenvalue weighted by atomic mass is 32.1. The second-order valence-corrected chi connectivity index (χ2v) is 6.19. The first-order valence-electron chi connectivity index (χ1n) is 7.47. The van der Waals surface area contributed by atoms with Crippen LogP contribution < -0.4 is 0 Å². The molecule has 0 unspecified atom stereocenters. The van der Waals surface area contributed by atoms with Crippen molar-refractivity contribution in [3.05, 3.63) is 64.4 Å². The lowest BCUT2D eigenvalue weighted by atomic mass is 10.00. The average molecular weight is 327 g/mol. The molecule has 3 rings (SSSR count). The molecule has 1 aliphatic rings. The zero-order chi connectivity index (χ0) is 16.1. The van der Waals surface area contributed by atoms with E-state index in [9.17, 15) is 9.59 Å². The largest absolute Gasteiger partial charge is 0.451 e. The lowest BCUT2D eigenvalue weighted by molar-refractivity contribution is -0.134. The first-order valence-corrected chi connectivity index (χ1v) is 8.35. The minimum absolute atomic E-state index is 0.154. The van der Waals surface area contributed by atoms with Crippen molar-refractivity contribution in [3.63, 3.8) is 0 Å². The third-order valence-electron chi connectivity index (χ3n) is 3.76. The van der Waals surface area contributed by atoms with Crippen molar-refractivity contribution < 1.29 is 14.3 Å². The molecular weight excluding hydrogens is 310 g/mol. The van der Waals surface area contributed by atoms with Gasteiger partial charge in [-0.2, -0.15) is 0 Å². The van der Waals surface area contributed by atoms with E-state index in [4.69, 9.17) is 4.74 Å². The predicted octanol–water partition coefficient (Wildman–Crippen LogP) is 3.22. The summed E-state index contributed by atoms with van der Waals surface area (Å²) in [5, 5.41) is 1.80. The van der Waals surface area contributed by atoms with Crippen molar-refractivity contribution >= 4 is 28.8 Å². The molecule has 0 saturated carbocycles. The summed E-state index contributed by atoms with van der Waals surface area (Å²) in [6.45, 7) is 1.00. The van der Waals surface area contributed by atoms with Gasteiger partial charge in [0.1, 0.15) is 4.88 Å². The van der Waals surface area contributed by atoms with E-state index in [0.29, 0.717) is 18.0 Å². The summed E-state index contributed by atoms with van der Waals surface area (Å²) in [6, 6.07) is 13.6. The molecule has 0 aliphatic carbocycles. The second-order valence-electron chi connectivity index (χ2n) is 5.24. The first kappa shape index (κ1) is 15.5. The number of thiophene rings is 1. The number of nitrogens with zero attached hydrogens (tertiary/aromatic N) is 1. The normalized spacial score (nSPS) is 14.3. The number of esters is 1. The van der Waals surface area contributed by atoms with Crippen LogP contribution in [0.4, 0.5) is 0 Å². The van der Waals surface area contributed by atoms with Crippen molar-refractivity contribution in [2.75, 3.05) is 19.7 Å². The van der Waals surface area contributed by atoms with Gasteiger partial charge in [0.25, 0.3) is 5.91 Å². The van der Waals surface area contributed by atoms with Gasteiger partial charge in [-0.1, -0.05) is 42.5 Å².